The molecule has 0 atom stereocenters. The lowest BCUT2D eigenvalue weighted by Gasteiger charge is -2.17. The molecule has 1 aromatic carbocycles. The van der Waals surface area contributed by atoms with Gasteiger partial charge in [0.05, 0.1) is 0 Å². The molecule has 0 fully saturated rings. The molecule has 5 nitrogen and oxygen atoms in total. The Kier molecular flexibility index (Phi) is 3.62. The molecule has 94 valence electrons. The summed E-state index contributed by atoms with van der Waals surface area (Å²) in [6.45, 7) is 2.12. The van der Waals surface area contributed by atoms with E-state index in [0.717, 1.165) is 12.1 Å². The molecule has 1 aromatic heterocycles. The van der Waals surface area contributed by atoms with Gasteiger partial charge in [-0.1, -0.05) is 19.1 Å². The van der Waals surface area contributed by atoms with Gasteiger partial charge < -0.3 is 10.6 Å². The number of rotatable bonds is 3. The van der Waals surface area contributed by atoms with E-state index in [2.05, 4.69) is 34.0 Å². The van der Waals surface area contributed by atoms with Crippen molar-refractivity contribution in [3.05, 3.63) is 35.1 Å². The van der Waals surface area contributed by atoms with Gasteiger partial charge in [-0.25, -0.2) is 0 Å². The molecule has 0 bridgehead atoms. The van der Waals surface area contributed by atoms with E-state index in [1.54, 1.807) is 0 Å². The molecule has 0 aliphatic carbocycles. The topological polar surface area (TPSA) is 67.9 Å². The molecule has 6 heteroatoms. The van der Waals surface area contributed by atoms with Crippen molar-refractivity contribution in [2.24, 2.45) is 0 Å². The van der Waals surface area contributed by atoms with E-state index in [1.165, 1.54) is 5.56 Å². The Balaban J connectivity index is 2.31. The second-order valence-corrected chi connectivity index (χ2v) is 4.18. The molecule has 18 heavy (non-hydrogen) atoms. The number of hydrogen-bond donors (Lipinski definition) is 1. The van der Waals surface area contributed by atoms with Crippen LogP contribution in [-0.2, 0) is 6.42 Å². The Morgan fingerprint density at radius 1 is 1.17 bits per heavy atom. The monoisotopic (exact) mass is 263 g/mol. The number of aryl methyl sites for hydroxylation is 1. The molecule has 0 amide bonds. The Bertz CT molecular complexity index is 520. The van der Waals surface area contributed by atoms with Gasteiger partial charge in [0.2, 0.25) is 17.2 Å². The quantitative estimate of drug-likeness (QED) is 0.921. The van der Waals surface area contributed by atoms with Crippen LogP contribution >= 0.6 is 11.6 Å². The van der Waals surface area contributed by atoms with Crippen molar-refractivity contribution in [1.29, 1.82) is 0 Å². The molecule has 2 N–H and O–H groups in total. The minimum atomic E-state index is 0.0922. The van der Waals surface area contributed by atoms with E-state index in [-0.39, 0.29) is 11.2 Å². The smallest absolute Gasteiger partial charge is 0.235 e. The van der Waals surface area contributed by atoms with Crippen LogP contribution in [0.2, 0.25) is 5.28 Å². The maximum Gasteiger partial charge on any atom is 0.235 e. The lowest BCUT2D eigenvalue weighted by Crippen LogP contribution is -2.14. The zero-order valence-electron chi connectivity index (χ0n) is 10.3. The number of hydrogen-bond acceptors (Lipinski definition) is 5. The highest BCUT2D eigenvalue weighted by molar-refractivity contribution is 6.28. The summed E-state index contributed by atoms with van der Waals surface area (Å²) in [7, 11) is 1.85. The number of anilines is 3. The summed E-state index contributed by atoms with van der Waals surface area (Å²) in [6.07, 6.45) is 1.01. The zero-order chi connectivity index (χ0) is 13.1. The van der Waals surface area contributed by atoms with Gasteiger partial charge in [-0.2, -0.15) is 15.0 Å². The van der Waals surface area contributed by atoms with Gasteiger partial charge >= 0.3 is 0 Å². The maximum absolute atomic E-state index is 5.76. The van der Waals surface area contributed by atoms with Gasteiger partial charge in [-0.3, -0.25) is 0 Å². The standard InChI is InChI=1S/C12H14ClN5/c1-3-8-4-6-9(7-5-8)18(2)12-16-10(13)15-11(14)17-12/h4-7H,3H2,1-2H3,(H2,14,15,16,17). The van der Waals surface area contributed by atoms with Crippen molar-refractivity contribution in [3.63, 3.8) is 0 Å². The molecule has 0 aliphatic rings. The fourth-order valence-electron chi connectivity index (χ4n) is 1.58. The fourth-order valence-corrected chi connectivity index (χ4v) is 1.74. The highest BCUT2D eigenvalue weighted by Gasteiger charge is 2.09. The molecule has 2 rings (SSSR count). The maximum atomic E-state index is 5.76. The molecule has 1 heterocycles. The van der Waals surface area contributed by atoms with E-state index >= 15 is 0 Å². The van der Waals surface area contributed by atoms with Gasteiger partial charge in [0.25, 0.3) is 0 Å². The first-order valence-corrected chi connectivity index (χ1v) is 5.97. The third-order valence-corrected chi connectivity index (χ3v) is 2.81. The Hall–Kier alpha value is -1.88. The molecule has 2 aromatic rings. The van der Waals surface area contributed by atoms with Crippen molar-refractivity contribution >= 4 is 29.2 Å². The van der Waals surface area contributed by atoms with Crippen LogP contribution in [0.4, 0.5) is 17.6 Å². The summed E-state index contributed by atoms with van der Waals surface area (Å²) in [5, 5.41) is 0.0922. The molecular weight excluding hydrogens is 250 g/mol. The van der Waals surface area contributed by atoms with Crippen LogP contribution in [0, 0.1) is 0 Å². The van der Waals surface area contributed by atoms with Gasteiger partial charge in [-0.15, -0.1) is 0 Å². The summed E-state index contributed by atoms with van der Waals surface area (Å²) in [5.41, 5.74) is 7.79. The van der Waals surface area contributed by atoms with E-state index in [9.17, 15) is 0 Å². The second kappa shape index (κ2) is 5.18. The van der Waals surface area contributed by atoms with Crippen molar-refractivity contribution in [2.45, 2.75) is 13.3 Å². The number of nitrogens with zero attached hydrogens (tertiary/aromatic N) is 4. The third-order valence-electron chi connectivity index (χ3n) is 2.65. The molecule has 0 saturated heterocycles. The highest BCUT2D eigenvalue weighted by Crippen LogP contribution is 2.21. The average Bonchev–Trinajstić information content (AvgIpc) is 2.37. The van der Waals surface area contributed by atoms with Crippen molar-refractivity contribution in [3.8, 4) is 0 Å². The summed E-state index contributed by atoms with van der Waals surface area (Å²) < 4.78 is 0. The lowest BCUT2D eigenvalue weighted by molar-refractivity contribution is 0.995. The van der Waals surface area contributed by atoms with Crippen LogP contribution < -0.4 is 10.6 Å². The first-order valence-electron chi connectivity index (χ1n) is 5.60. The number of halogens is 1. The molecule has 0 spiro atoms. The van der Waals surface area contributed by atoms with E-state index in [0.29, 0.717) is 5.95 Å². The highest BCUT2D eigenvalue weighted by atomic mass is 35.5. The lowest BCUT2D eigenvalue weighted by atomic mass is 10.1. The largest absolute Gasteiger partial charge is 0.368 e. The normalized spacial score (nSPS) is 10.4. The minimum Gasteiger partial charge on any atom is -0.368 e. The predicted octanol–water partition coefficient (Wildman–Crippen LogP) is 2.44. The SMILES string of the molecule is CCc1ccc(N(C)c2nc(N)nc(Cl)n2)cc1. The van der Waals surface area contributed by atoms with E-state index in [1.807, 2.05) is 24.1 Å². The molecule has 0 radical (unpaired) electrons. The number of aromatic nitrogens is 3. The van der Waals surface area contributed by atoms with Gasteiger partial charge in [0.15, 0.2) is 0 Å². The molecule has 0 aliphatic heterocycles. The van der Waals surface area contributed by atoms with Crippen molar-refractivity contribution < 1.29 is 0 Å². The van der Waals surface area contributed by atoms with Crippen molar-refractivity contribution in [2.75, 3.05) is 17.7 Å². The predicted molar refractivity (Wildman–Crippen MR) is 73.1 cm³/mol. The molecular formula is C12H14ClN5. The average molecular weight is 264 g/mol. The van der Waals surface area contributed by atoms with Crippen molar-refractivity contribution in [1.82, 2.24) is 15.0 Å². The number of nitrogen functional groups attached to an aromatic ring is 1. The number of benzene rings is 1. The first kappa shape index (κ1) is 12.6. The van der Waals surface area contributed by atoms with E-state index < -0.39 is 0 Å². The van der Waals surface area contributed by atoms with Crippen LogP contribution in [0.25, 0.3) is 0 Å². The Labute approximate surface area is 111 Å². The Morgan fingerprint density at radius 2 is 1.83 bits per heavy atom. The van der Waals surface area contributed by atoms with Crippen LogP contribution in [-0.4, -0.2) is 22.0 Å². The fraction of sp³-hybridized carbons (Fsp3) is 0.250. The summed E-state index contributed by atoms with van der Waals surface area (Å²) in [4.78, 5) is 13.6. The zero-order valence-corrected chi connectivity index (χ0v) is 11.0. The molecule has 0 unspecified atom stereocenters. The van der Waals surface area contributed by atoms with Crippen LogP contribution in [0.1, 0.15) is 12.5 Å². The summed E-state index contributed by atoms with van der Waals surface area (Å²) in [5.74, 6) is 0.541. The first-order chi connectivity index (χ1) is 8.60. The van der Waals surface area contributed by atoms with Gasteiger partial charge in [0.1, 0.15) is 0 Å². The van der Waals surface area contributed by atoms with E-state index in [4.69, 9.17) is 17.3 Å². The minimum absolute atomic E-state index is 0.0922. The van der Waals surface area contributed by atoms with Gasteiger partial charge in [-0.05, 0) is 35.7 Å². The second-order valence-electron chi connectivity index (χ2n) is 3.84. The van der Waals surface area contributed by atoms with Crippen LogP contribution in [0.3, 0.4) is 0 Å². The van der Waals surface area contributed by atoms with Gasteiger partial charge in [0, 0.05) is 12.7 Å². The Morgan fingerprint density at radius 3 is 2.39 bits per heavy atom. The number of nitrogens with two attached hydrogens (primary N) is 1. The summed E-state index contributed by atoms with van der Waals surface area (Å²) >= 11 is 5.76. The van der Waals surface area contributed by atoms with Crippen LogP contribution in [0.5, 0.6) is 0 Å². The molecule has 0 saturated carbocycles. The summed E-state index contributed by atoms with van der Waals surface area (Å²) in [6, 6.07) is 8.15. The third kappa shape index (κ3) is 2.68. The van der Waals surface area contributed by atoms with Crippen LogP contribution in [0.15, 0.2) is 24.3 Å².